The van der Waals surface area contributed by atoms with Gasteiger partial charge in [-0.3, -0.25) is 19.4 Å². The van der Waals surface area contributed by atoms with E-state index in [0.717, 1.165) is 0 Å². The Bertz CT molecular complexity index is 1130. The first-order chi connectivity index (χ1) is 14.0. The van der Waals surface area contributed by atoms with Crippen molar-refractivity contribution in [1.82, 2.24) is 9.97 Å². The number of aromatic amines is 1. The topological polar surface area (TPSA) is 116 Å². The molecule has 9 heteroatoms. The van der Waals surface area contributed by atoms with Gasteiger partial charge < -0.3 is 16.0 Å². The molecule has 0 saturated carbocycles. The zero-order chi connectivity index (χ0) is 20.4. The first-order valence-corrected chi connectivity index (χ1v) is 9.20. The molecule has 146 valence electrons. The highest BCUT2D eigenvalue weighted by Crippen LogP contribution is 2.30. The van der Waals surface area contributed by atoms with Crippen molar-refractivity contribution >= 4 is 46.6 Å². The monoisotopic (exact) mass is 409 g/mol. The van der Waals surface area contributed by atoms with Gasteiger partial charge in [-0.2, -0.15) is 4.98 Å². The van der Waals surface area contributed by atoms with Crippen LogP contribution in [-0.4, -0.2) is 21.8 Å². The van der Waals surface area contributed by atoms with Gasteiger partial charge in [0, 0.05) is 22.8 Å². The van der Waals surface area contributed by atoms with Crippen LogP contribution in [0.2, 0.25) is 5.02 Å². The van der Waals surface area contributed by atoms with Crippen molar-refractivity contribution in [1.29, 1.82) is 0 Å². The normalized spacial score (nSPS) is 15.2. The average Bonchev–Trinajstić information content (AvgIpc) is 2.69. The predicted molar refractivity (Wildman–Crippen MR) is 111 cm³/mol. The van der Waals surface area contributed by atoms with E-state index in [4.69, 9.17) is 11.6 Å². The lowest BCUT2D eigenvalue weighted by Crippen LogP contribution is -2.36. The molecule has 1 aromatic heterocycles. The molecule has 0 aliphatic carbocycles. The summed E-state index contributed by atoms with van der Waals surface area (Å²) in [4.78, 5) is 44.5. The Labute approximate surface area is 170 Å². The van der Waals surface area contributed by atoms with Gasteiger partial charge in [0.1, 0.15) is 5.82 Å². The minimum absolute atomic E-state index is 0.0645. The fraction of sp³-hybridized carbons (Fsp3) is 0.100. The summed E-state index contributed by atoms with van der Waals surface area (Å²) in [6.45, 7) is 0. The first-order valence-electron chi connectivity index (χ1n) is 8.82. The van der Waals surface area contributed by atoms with E-state index in [2.05, 4.69) is 25.9 Å². The Hall–Kier alpha value is -3.65. The van der Waals surface area contributed by atoms with E-state index in [1.165, 1.54) is 0 Å². The molecule has 0 radical (unpaired) electrons. The lowest BCUT2D eigenvalue weighted by atomic mass is 9.92. The summed E-state index contributed by atoms with van der Waals surface area (Å²) in [5, 5.41) is 8.82. The second kappa shape index (κ2) is 7.76. The SMILES string of the molecule is O=C1C[C@H](C(=O)Nc2ccccc2)c2c(nc(Nc3ccc(Cl)cc3)[nH]c2=O)N1. The van der Waals surface area contributed by atoms with E-state index in [-0.39, 0.29) is 29.7 Å². The number of hydrogen-bond acceptors (Lipinski definition) is 5. The van der Waals surface area contributed by atoms with Crippen molar-refractivity contribution in [2.75, 3.05) is 16.0 Å². The highest BCUT2D eigenvalue weighted by atomic mass is 35.5. The highest BCUT2D eigenvalue weighted by Gasteiger charge is 2.34. The molecule has 0 fully saturated rings. The Kier molecular flexibility index (Phi) is 5.01. The van der Waals surface area contributed by atoms with Crippen LogP contribution >= 0.6 is 11.6 Å². The molecule has 1 aliphatic heterocycles. The number of para-hydroxylation sites is 1. The summed E-state index contributed by atoms with van der Waals surface area (Å²) < 4.78 is 0. The summed E-state index contributed by atoms with van der Waals surface area (Å²) in [6.07, 6.45) is -0.139. The molecule has 8 nitrogen and oxygen atoms in total. The Morgan fingerprint density at radius 1 is 1.03 bits per heavy atom. The van der Waals surface area contributed by atoms with Crippen LogP contribution in [0.4, 0.5) is 23.1 Å². The molecule has 1 aliphatic rings. The number of hydrogen-bond donors (Lipinski definition) is 4. The lowest BCUT2D eigenvalue weighted by molar-refractivity contribution is -0.123. The van der Waals surface area contributed by atoms with Crippen LogP contribution in [0.1, 0.15) is 17.9 Å². The van der Waals surface area contributed by atoms with Crippen molar-refractivity contribution in [3.8, 4) is 0 Å². The first kappa shape index (κ1) is 18.7. The second-order valence-electron chi connectivity index (χ2n) is 6.47. The van der Waals surface area contributed by atoms with E-state index in [0.29, 0.717) is 16.4 Å². The van der Waals surface area contributed by atoms with E-state index >= 15 is 0 Å². The third-order valence-electron chi connectivity index (χ3n) is 4.42. The number of fused-ring (bicyclic) bond motifs is 1. The number of anilines is 4. The fourth-order valence-electron chi connectivity index (χ4n) is 3.08. The van der Waals surface area contributed by atoms with Crippen molar-refractivity contribution in [2.24, 2.45) is 0 Å². The van der Waals surface area contributed by atoms with Gasteiger partial charge in [0.05, 0.1) is 11.5 Å². The standard InChI is InChI=1S/C20H16ClN5O3/c21-11-6-8-13(9-7-11)23-20-25-17-16(19(29)26-20)14(10-15(27)24-17)18(28)22-12-4-2-1-3-5-12/h1-9,14H,10H2,(H,22,28)(H3,23,24,25,26,27,29)/t14-/m0/s1. The van der Waals surface area contributed by atoms with Gasteiger partial charge in [-0.1, -0.05) is 29.8 Å². The van der Waals surface area contributed by atoms with Crippen LogP contribution in [0.15, 0.2) is 59.4 Å². The number of benzene rings is 2. The molecule has 29 heavy (non-hydrogen) atoms. The molecule has 0 spiro atoms. The van der Waals surface area contributed by atoms with E-state index in [9.17, 15) is 14.4 Å². The van der Waals surface area contributed by atoms with Gasteiger partial charge in [-0.25, -0.2) is 0 Å². The predicted octanol–water partition coefficient (Wildman–Crippen LogP) is 3.23. The van der Waals surface area contributed by atoms with Gasteiger partial charge in [0.2, 0.25) is 17.8 Å². The number of amides is 2. The zero-order valence-corrected chi connectivity index (χ0v) is 15.8. The molecular formula is C20H16ClN5O3. The van der Waals surface area contributed by atoms with Crippen molar-refractivity contribution < 1.29 is 9.59 Å². The summed E-state index contributed by atoms with van der Waals surface area (Å²) in [6, 6.07) is 15.6. The third-order valence-corrected chi connectivity index (χ3v) is 4.67. The highest BCUT2D eigenvalue weighted by molar-refractivity contribution is 6.30. The van der Waals surface area contributed by atoms with E-state index in [1.807, 2.05) is 6.07 Å². The molecule has 2 amide bonds. The maximum absolute atomic E-state index is 12.7. The van der Waals surface area contributed by atoms with Crippen LogP contribution in [0, 0.1) is 0 Å². The fourth-order valence-corrected chi connectivity index (χ4v) is 3.20. The smallest absolute Gasteiger partial charge is 0.258 e. The molecule has 0 bridgehead atoms. The number of aromatic nitrogens is 2. The summed E-state index contributed by atoms with van der Waals surface area (Å²) in [5.41, 5.74) is 0.854. The van der Waals surface area contributed by atoms with Crippen LogP contribution in [0.25, 0.3) is 0 Å². The Morgan fingerprint density at radius 3 is 2.48 bits per heavy atom. The van der Waals surface area contributed by atoms with Crippen molar-refractivity contribution in [2.45, 2.75) is 12.3 Å². The lowest BCUT2D eigenvalue weighted by Gasteiger charge is -2.23. The van der Waals surface area contributed by atoms with Gasteiger partial charge in [-0.15, -0.1) is 0 Å². The average molecular weight is 410 g/mol. The number of carbonyl (C=O) groups excluding carboxylic acids is 2. The largest absolute Gasteiger partial charge is 0.326 e. The van der Waals surface area contributed by atoms with Gasteiger partial charge in [0.15, 0.2) is 0 Å². The Balaban J connectivity index is 1.64. The minimum Gasteiger partial charge on any atom is -0.326 e. The van der Waals surface area contributed by atoms with E-state index < -0.39 is 17.4 Å². The molecule has 0 saturated heterocycles. The number of nitrogens with one attached hydrogen (secondary N) is 4. The van der Waals surface area contributed by atoms with Gasteiger partial charge >= 0.3 is 0 Å². The number of nitrogens with zero attached hydrogens (tertiary/aromatic N) is 1. The Morgan fingerprint density at radius 2 is 1.76 bits per heavy atom. The molecule has 3 aromatic rings. The molecular weight excluding hydrogens is 394 g/mol. The summed E-state index contributed by atoms with van der Waals surface area (Å²) in [5.74, 6) is -1.57. The van der Waals surface area contributed by atoms with Crippen molar-refractivity contribution in [3.05, 3.63) is 75.5 Å². The van der Waals surface area contributed by atoms with Gasteiger partial charge in [-0.05, 0) is 36.4 Å². The molecule has 2 heterocycles. The molecule has 4 N–H and O–H groups in total. The molecule has 4 rings (SSSR count). The van der Waals surface area contributed by atoms with Crippen LogP contribution in [0.5, 0.6) is 0 Å². The van der Waals surface area contributed by atoms with Crippen LogP contribution < -0.4 is 21.5 Å². The third kappa shape index (κ3) is 4.12. The number of halogens is 1. The minimum atomic E-state index is -0.945. The molecule has 2 aromatic carbocycles. The maximum atomic E-state index is 12.7. The number of carbonyl (C=O) groups is 2. The molecule has 1 atom stereocenters. The summed E-state index contributed by atoms with van der Waals surface area (Å²) in [7, 11) is 0. The zero-order valence-electron chi connectivity index (χ0n) is 15.0. The second-order valence-corrected chi connectivity index (χ2v) is 6.91. The summed E-state index contributed by atoms with van der Waals surface area (Å²) >= 11 is 5.87. The van der Waals surface area contributed by atoms with Crippen molar-refractivity contribution in [3.63, 3.8) is 0 Å². The van der Waals surface area contributed by atoms with Crippen LogP contribution in [-0.2, 0) is 9.59 Å². The maximum Gasteiger partial charge on any atom is 0.258 e. The molecule has 0 unspecified atom stereocenters. The quantitative estimate of drug-likeness (QED) is 0.528. The number of H-pyrrole nitrogens is 1. The van der Waals surface area contributed by atoms with E-state index in [1.54, 1.807) is 48.5 Å². The number of rotatable bonds is 4. The van der Waals surface area contributed by atoms with Crippen LogP contribution in [0.3, 0.4) is 0 Å². The van der Waals surface area contributed by atoms with Gasteiger partial charge in [0.25, 0.3) is 5.56 Å².